The SMILES string of the molecule is CC1CCN(C(=O)C2CCN(c3cncnc3N3CCCCC3)CC2)CC1. The highest BCUT2D eigenvalue weighted by Crippen LogP contribution is 2.32. The molecule has 148 valence electrons. The molecular formula is C21H33N5O. The molecule has 0 N–H and O–H groups in total. The normalized spacial score (nSPS) is 22.9. The molecule has 3 aliphatic heterocycles. The molecule has 6 heteroatoms. The van der Waals surface area contributed by atoms with E-state index in [4.69, 9.17) is 0 Å². The van der Waals surface area contributed by atoms with Gasteiger partial charge in [0.25, 0.3) is 0 Å². The second-order valence-corrected chi connectivity index (χ2v) is 8.55. The monoisotopic (exact) mass is 371 g/mol. The first-order valence-electron chi connectivity index (χ1n) is 10.8. The second-order valence-electron chi connectivity index (χ2n) is 8.55. The van der Waals surface area contributed by atoms with E-state index in [1.165, 1.54) is 19.3 Å². The maximum absolute atomic E-state index is 12.9. The van der Waals surface area contributed by atoms with E-state index in [9.17, 15) is 4.79 Å². The Morgan fingerprint density at radius 1 is 0.926 bits per heavy atom. The fourth-order valence-electron chi connectivity index (χ4n) is 4.74. The van der Waals surface area contributed by atoms with Crippen LogP contribution in [0.5, 0.6) is 0 Å². The average Bonchev–Trinajstić information content (AvgIpc) is 2.74. The number of nitrogens with zero attached hydrogens (tertiary/aromatic N) is 5. The lowest BCUT2D eigenvalue weighted by Gasteiger charge is -2.38. The summed E-state index contributed by atoms with van der Waals surface area (Å²) in [6.45, 7) is 8.22. The van der Waals surface area contributed by atoms with Gasteiger partial charge in [-0.25, -0.2) is 9.97 Å². The highest BCUT2D eigenvalue weighted by Gasteiger charge is 2.31. The number of piperidine rings is 3. The zero-order valence-electron chi connectivity index (χ0n) is 16.6. The van der Waals surface area contributed by atoms with Crippen molar-refractivity contribution in [1.82, 2.24) is 14.9 Å². The maximum Gasteiger partial charge on any atom is 0.225 e. The smallest absolute Gasteiger partial charge is 0.225 e. The molecule has 6 nitrogen and oxygen atoms in total. The fraction of sp³-hybridized carbons (Fsp3) is 0.762. The number of anilines is 2. The van der Waals surface area contributed by atoms with Crippen LogP contribution in [0.25, 0.3) is 0 Å². The zero-order valence-corrected chi connectivity index (χ0v) is 16.6. The minimum Gasteiger partial charge on any atom is -0.367 e. The van der Waals surface area contributed by atoms with Crippen molar-refractivity contribution >= 4 is 17.4 Å². The maximum atomic E-state index is 12.9. The van der Waals surface area contributed by atoms with Gasteiger partial charge in [-0.05, 0) is 50.9 Å². The Morgan fingerprint density at radius 2 is 1.63 bits per heavy atom. The van der Waals surface area contributed by atoms with Crippen LogP contribution in [0.1, 0.15) is 51.9 Å². The molecule has 0 unspecified atom stereocenters. The third kappa shape index (κ3) is 4.19. The van der Waals surface area contributed by atoms with Crippen molar-refractivity contribution in [2.45, 2.75) is 51.9 Å². The van der Waals surface area contributed by atoms with Gasteiger partial charge in [-0.15, -0.1) is 0 Å². The first-order chi connectivity index (χ1) is 13.2. The van der Waals surface area contributed by atoms with E-state index in [0.29, 0.717) is 5.91 Å². The number of likely N-dealkylation sites (tertiary alicyclic amines) is 1. The number of hydrogen-bond acceptors (Lipinski definition) is 5. The van der Waals surface area contributed by atoms with Crippen molar-refractivity contribution in [2.24, 2.45) is 11.8 Å². The minimum atomic E-state index is 0.192. The summed E-state index contributed by atoms with van der Waals surface area (Å²) >= 11 is 0. The Morgan fingerprint density at radius 3 is 2.33 bits per heavy atom. The van der Waals surface area contributed by atoms with Gasteiger partial charge in [-0.3, -0.25) is 4.79 Å². The summed E-state index contributed by atoms with van der Waals surface area (Å²) in [5.74, 6) is 2.43. The highest BCUT2D eigenvalue weighted by atomic mass is 16.2. The van der Waals surface area contributed by atoms with Crippen LogP contribution in [0.15, 0.2) is 12.5 Å². The van der Waals surface area contributed by atoms with Crippen LogP contribution in [0.4, 0.5) is 11.5 Å². The summed E-state index contributed by atoms with van der Waals surface area (Å²) in [5.41, 5.74) is 1.15. The Labute approximate surface area is 162 Å². The zero-order chi connectivity index (χ0) is 18.6. The number of rotatable bonds is 3. The van der Waals surface area contributed by atoms with Crippen molar-refractivity contribution in [3.8, 4) is 0 Å². The van der Waals surface area contributed by atoms with Crippen molar-refractivity contribution in [1.29, 1.82) is 0 Å². The van der Waals surface area contributed by atoms with E-state index in [1.54, 1.807) is 6.33 Å². The van der Waals surface area contributed by atoms with Gasteiger partial charge in [0.1, 0.15) is 6.33 Å². The quantitative estimate of drug-likeness (QED) is 0.818. The van der Waals surface area contributed by atoms with Crippen molar-refractivity contribution < 1.29 is 4.79 Å². The van der Waals surface area contributed by atoms with Crippen LogP contribution in [0.2, 0.25) is 0 Å². The van der Waals surface area contributed by atoms with Gasteiger partial charge < -0.3 is 14.7 Å². The van der Waals surface area contributed by atoms with E-state index >= 15 is 0 Å². The number of amides is 1. The van der Waals surface area contributed by atoms with Gasteiger partial charge in [0.15, 0.2) is 5.82 Å². The van der Waals surface area contributed by atoms with Crippen molar-refractivity contribution in [3.63, 3.8) is 0 Å². The predicted molar refractivity (Wildman–Crippen MR) is 108 cm³/mol. The van der Waals surface area contributed by atoms with Crippen molar-refractivity contribution in [2.75, 3.05) is 49.1 Å². The minimum absolute atomic E-state index is 0.192. The molecular weight excluding hydrogens is 338 g/mol. The van der Waals surface area contributed by atoms with Crippen LogP contribution < -0.4 is 9.80 Å². The lowest BCUT2D eigenvalue weighted by Crippen LogP contribution is -2.45. The number of carbonyl (C=O) groups is 1. The molecule has 0 atom stereocenters. The molecule has 3 aliphatic rings. The van der Waals surface area contributed by atoms with Crippen LogP contribution >= 0.6 is 0 Å². The van der Waals surface area contributed by atoms with Gasteiger partial charge in [-0.1, -0.05) is 6.92 Å². The lowest BCUT2D eigenvalue weighted by atomic mass is 9.92. The van der Waals surface area contributed by atoms with Gasteiger partial charge in [0.05, 0.1) is 11.9 Å². The molecule has 1 aromatic heterocycles. The Hall–Kier alpha value is -1.85. The van der Waals surface area contributed by atoms with E-state index in [2.05, 4.69) is 31.6 Å². The molecule has 27 heavy (non-hydrogen) atoms. The summed E-state index contributed by atoms with van der Waals surface area (Å²) < 4.78 is 0. The van der Waals surface area contributed by atoms with Crippen LogP contribution in [-0.2, 0) is 4.79 Å². The second kappa shape index (κ2) is 8.44. The Kier molecular flexibility index (Phi) is 5.79. The predicted octanol–water partition coefficient (Wildman–Crippen LogP) is 2.94. The summed E-state index contributed by atoms with van der Waals surface area (Å²) in [4.78, 5) is 28.7. The molecule has 0 aliphatic carbocycles. The standard InChI is InChI=1S/C21H33N5O/c1-17-5-11-26(12-6-17)21(27)18-7-13-24(14-8-18)19-15-22-16-23-20(19)25-9-3-2-4-10-25/h15-18H,2-14H2,1H3. The van der Waals surface area contributed by atoms with Crippen LogP contribution in [0, 0.1) is 11.8 Å². The first kappa shape index (κ1) is 18.5. The van der Waals surface area contributed by atoms with Crippen molar-refractivity contribution in [3.05, 3.63) is 12.5 Å². The molecule has 0 radical (unpaired) electrons. The Bertz CT molecular complexity index is 629. The van der Waals surface area contributed by atoms with Crippen LogP contribution in [-0.4, -0.2) is 60.0 Å². The average molecular weight is 372 g/mol. The summed E-state index contributed by atoms with van der Waals surface area (Å²) in [6.07, 6.45) is 11.6. The molecule has 4 rings (SSSR count). The number of carbonyl (C=O) groups excluding carboxylic acids is 1. The fourth-order valence-corrected chi connectivity index (χ4v) is 4.74. The molecule has 0 bridgehead atoms. The van der Waals surface area contributed by atoms with Crippen LogP contribution in [0.3, 0.4) is 0 Å². The van der Waals surface area contributed by atoms with Gasteiger partial charge >= 0.3 is 0 Å². The van der Waals surface area contributed by atoms with E-state index in [-0.39, 0.29) is 5.92 Å². The molecule has 3 saturated heterocycles. The van der Waals surface area contributed by atoms with Gasteiger partial charge in [0.2, 0.25) is 5.91 Å². The third-order valence-electron chi connectivity index (χ3n) is 6.61. The molecule has 4 heterocycles. The van der Waals surface area contributed by atoms with E-state index in [0.717, 1.165) is 82.4 Å². The van der Waals surface area contributed by atoms with Gasteiger partial charge in [-0.2, -0.15) is 0 Å². The third-order valence-corrected chi connectivity index (χ3v) is 6.61. The molecule has 1 aromatic rings. The highest BCUT2D eigenvalue weighted by molar-refractivity contribution is 5.79. The summed E-state index contributed by atoms with van der Waals surface area (Å²) in [5, 5.41) is 0. The largest absolute Gasteiger partial charge is 0.367 e. The van der Waals surface area contributed by atoms with E-state index < -0.39 is 0 Å². The Balaban J connectivity index is 1.37. The lowest BCUT2D eigenvalue weighted by molar-refractivity contribution is -0.137. The first-order valence-corrected chi connectivity index (χ1v) is 10.8. The van der Waals surface area contributed by atoms with Gasteiger partial charge in [0, 0.05) is 45.2 Å². The molecule has 1 amide bonds. The molecule has 0 aromatic carbocycles. The number of aromatic nitrogens is 2. The summed E-state index contributed by atoms with van der Waals surface area (Å²) in [7, 11) is 0. The topological polar surface area (TPSA) is 52.6 Å². The van der Waals surface area contributed by atoms with E-state index in [1.807, 2.05) is 6.20 Å². The molecule has 0 saturated carbocycles. The molecule has 3 fully saturated rings. The summed E-state index contributed by atoms with van der Waals surface area (Å²) in [6, 6.07) is 0. The molecule has 0 spiro atoms. The number of hydrogen-bond donors (Lipinski definition) is 0.